The Morgan fingerprint density at radius 3 is 1.20 bits per heavy atom. The molecular formula is C59H102O5. The summed E-state index contributed by atoms with van der Waals surface area (Å²) in [7, 11) is 0. The highest BCUT2D eigenvalue weighted by Crippen LogP contribution is 2.15. The monoisotopic (exact) mass is 891 g/mol. The summed E-state index contributed by atoms with van der Waals surface area (Å²) < 4.78 is 17.4. The van der Waals surface area contributed by atoms with Crippen LogP contribution >= 0.6 is 0 Å². The van der Waals surface area contributed by atoms with Crippen molar-refractivity contribution < 1.29 is 23.8 Å². The van der Waals surface area contributed by atoms with Crippen molar-refractivity contribution in [3.05, 3.63) is 85.1 Å². The Hall–Kier alpha value is -2.92. The molecule has 0 aliphatic carbocycles. The molecule has 5 heteroatoms. The molecule has 0 N–H and O–H groups in total. The Kier molecular flexibility index (Phi) is 51.9. The van der Waals surface area contributed by atoms with Gasteiger partial charge in [0, 0.05) is 19.4 Å². The van der Waals surface area contributed by atoms with E-state index in [0.29, 0.717) is 19.4 Å². The Morgan fingerprint density at radius 2 is 0.719 bits per heavy atom. The summed E-state index contributed by atoms with van der Waals surface area (Å²) in [6.07, 6.45) is 71.7. The summed E-state index contributed by atoms with van der Waals surface area (Å²) >= 11 is 0. The number of carbonyl (C=O) groups is 2. The number of unbranched alkanes of at least 4 members (excludes halogenated alkanes) is 24. The maximum absolute atomic E-state index is 12.8. The van der Waals surface area contributed by atoms with Crippen LogP contribution in [-0.4, -0.2) is 37.9 Å². The lowest BCUT2D eigenvalue weighted by atomic mass is 10.0. The van der Waals surface area contributed by atoms with Gasteiger partial charge in [0.25, 0.3) is 0 Å². The van der Waals surface area contributed by atoms with E-state index in [1.165, 1.54) is 128 Å². The van der Waals surface area contributed by atoms with Gasteiger partial charge in [-0.05, 0) is 89.9 Å². The molecule has 64 heavy (non-hydrogen) atoms. The van der Waals surface area contributed by atoms with E-state index in [9.17, 15) is 9.59 Å². The van der Waals surface area contributed by atoms with Crippen LogP contribution in [0.25, 0.3) is 0 Å². The molecule has 0 fully saturated rings. The molecule has 0 aliphatic heterocycles. The standard InChI is InChI=1S/C59H102O5/c1-4-7-10-13-16-19-22-25-28-30-32-34-37-40-43-46-49-52-58(60)63-56-57(55-62-54-51-48-45-42-39-36-33-29-26-23-20-17-14-11-8-5-2)64-59(61)53-50-47-44-41-38-35-31-27-24-21-18-15-12-9-6-3/h7,10,16,18-19,21,25,27-28,31-32,34,40,43,57H,4-6,8-9,11-15,17,20,22-24,26,29-30,33,35-39,41-42,44-56H2,1-3H3/b10-7-,19-16-,21-18-,28-25-,31-27-,34-32-,43-40-/t57-/m1/s1. The second-order valence-electron chi connectivity index (χ2n) is 17.8. The summed E-state index contributed by atoms with van der Waals surface area (Å²) in [5.41, 5.74) is 0. The van der Waals surface area contributed by atoms with E-state index < -0.39 is 6.10 Å². The van der Waals surface area contributed by atoms with E-state index in [0.717, 1.165) is 89.9 Å². The van der Waals surface area contributed by atoms with Gasteiger partial charge in [-0.2, -0.15) is 0 Å². The lowest BCUT2D eigenvalue weighted by Crippen LogP contribution is -2.30. The first-order valence-electron chi connectivity index (χ1n) is 27.1. The Balaban J connectivity index is 4.38. The van der Waals surface area contributed by atoms with E-state index in [1.807, 2.05) is 0 Å². The zero-order valence-corrected chi connectivity index (χ0v) is 42.3. The van der Waals surface area contributed by atoms with Gasteiger partial charge in [-0.15, -0.1) is 0 Å². The van der Waals surface area contributed by atoms with Gasteiger partial charge in [-0.3, -0.25) is 9.59 Å². The number of ether oxygens (including phenoxy) is 3. The summed E-state index contributed by atoms with van der Waals surface area (Å²) in [5.74, 6) is -0.476. The average molecular weight is 891 g/mol. The maximum Gasteiger partial charge on any atom is 0.306 e. The van der Waals surface area contributed by atoms with E-state index in [1.54, 1.807) is 0 Å². The molecule has 0 heterocycles. The van der Waals surface area contributed by atoms with Gasteiger partial charge in [0.2, 0.25) is 0 Å². The van der Waals surface area contributed by atoms with Gasteiger partial charge >= 0.3 is 11.9 Å². The zero-order valence-electron chi connectivity index (χ0n) is 42.3. The van der Waals surface area contributed by atoms with E-state index in [4.69, 9.17) is 14.2 Å². The van der Waals surface area contributed by atoms with Crippen LogP contribution < -0.4 is 0 Å². The lowest BCUT2D eigenvalue weighted by molar-refractivity contribution is -0.163. The molecule has 0 rings (SSSR count). The molecule has 0 saturated carbocycles. The topological polar surface area (TPSA) is 61.8 Å². The van der Waals surface area contributed by atoms with Crippen molar-refractivity contribution in [1.82, 2.24) is 0 Å². The second kappa shape index (κ2) is 54.4. The molecule has 0 spiro atoms. The number of carbonyl (C=O) groups excluding carboxylic acids is 2. The highest BCUT2D eigenvalue weighted by atomic mass is 16.6. The molecule has 0 saturated heterocycles. The average Bonchev–Trinajstić information content (AvgIpc) is 3.30. The largest absolute Gasteiger partial charge is 0.462 e. The molecule has 0 unspecified atom stereocenters. The normalized spacial score (nSPS) is 12.9. The van der Waals surface area contributed by atoms with Crippen molar-refractivity contribution in [2.45, 2.75) is 258 Å². The van der Waals surface area contributed by atoms with Crippen LogP contribution in [0.1, 0.15) is 252 Å². The first-order chi connectivity index (χ1) is 31.6. The molecule has 0 aromatic rings. The van der Waals surface area contributed by atoms with Crippen molar-refractivity contribution in [2.24, 2.45) is 0 Å². The first-order valence-corrected chi connectivity index (χ1v) is 27.1. The van der Waals surface area contributed by atoms with E-state index >= 15 is 0 Å². The van der Waals surface area contributed by atoms with Gasteiger partial charge in [-0.1, -0.05) is 234 Å². The van der Waals surface area contributed by atoms with Crippen molar-refractivity contribution >= 4 is 11.9 Å². The summed E-state index contributed by atoms with van der Waals surface area (Å²) in [6.45, 7) is 7.64. The highest BCUT2D eigenvalue weighted by molar-refractivity contribution is 5.70. The molecule has 5 nitrogen and oxygen atoms in total. The van der Waals surface area contributed by atoms with Crippen LogP contribution in [0.15, 0.2) is 85.1 Å². The smallest absolute Gasteiger partial charge is 0.306 e. The third kappa shape index (κ3) is 51.7. The minimum Gasteiger partial charge on any atom is -0.462 e. The van der Waals surface area contributed by atoms with Crippen LogP contribution in [-0.2, 0) is 23.8 Å². The van der Waals surface area contributed by atoms with Crippen LogP contribution in [0.5, 0.6) is 0 Å². The van der Waals surface area contributed by atoms with E-state index in [-0.39, 0.29) is 25.2 Å². The number of esters is 2. The van der Waals surface area contributed by atoms with Gasteiger partial charge in [0.05, 0.1) is 6.61 Å². The van der Waals surface area contributed by atoms with Crippen molar-refractivity contribution in [1.29, 1.82) is 0 Å². The van der Waals surface area contributed by atoms with Crippen LogP contribution in [0.2, 0.25) is 0 Å². The molecule has 368 valence electrons. The van der Waals surface area contributed by atoms with Crippen molar-refractivity contribution in [3.63, 3.8) is 0 Å². The summed E-state index contributed by atoms with van der Waals surface area (Å²) in [4.78, 5) is 25.4. The number of hydrogen-bond donors (Lipinski definition) is 0. The molecule has 0 aromatic carbocycles. The molecular weight excluding hydrogens is 789 g/mol. The van der Waals surface area contributed by atoms with Crippen LogP contribution in [0.3, 0.4) is 0 Å². The second-order valence-corrected chi connectivity index (χ2v) is 17.8. The summed E-state index contributed by atoms with van der Waals surface area (Å²) in [5, 5.41) is 0. The maximum atomic E-state index is 12.8. The fourth-order valence-corrected chi connectivity index (χ4v) is 7.40. The Bertz CT molecular complexity index is 1190. The fraction of sp³-hybridized carbons (Fsp3) is 0.729. The molecule has 0 bridgehead atoms. The van der Waals surface area contributed by atoms with Gasteiger partial charge in [-0.25, -0.2) is 0 Å². The van der Waals surface area contributed by atoms with E-state index in [2.05, 4.69) is 106 Å². The molecule has 0 amide bonds. The SMILES string of the molecule is CC/C=C\C/C=C\C/C=C\C/C=C\C/C=C\CCCC(=O)OC[C@@H](COCCCCCCCCCCCCCCCCCC)OC(=O)CCCCCCC/C=C\C/C=C\CCCCC. The molecule has 1 atom stereocenters. The van der Waals surface area contributed by atoms with Crippen molar-refractivity contribution in [3.8, 4) is 0 Å². The highest BCUT2D eigenvalue weighted by Gasteiger charge is 2.17. The first kappa shape index (κ1) is 61.1. The van der Waals surface area contributed by atoms with Gasteiger partial charge in [0.1, 0.15) is 6.61 Å². The predicted molar refractivity (Wildman–Crippen MR) is 279 cm³/mol. The zero-order chi connectivity index (χ0) is 46.3. The van der Waals surface area contributed by atoms with Gasteiger partial charge in [0.15, 0.2) is 6.10 Å². The van der Waals surface area contributed by atoms with Gasteiger partial charge < -0.3 is 14.2 Å². The fourth-order valence-electron chi connectivity index (χ4n) is 7.40. The minimum atomic E-state index is -0.568. The molecule has 0 aliphatic rings. The quantitative estimate of drug-likeness (QED) is 0.0346. The van der Waals surface area contributed by atoms with Crippen LogP contribution in [0.4, 0.5) is 0 Å². The summed E-state index contributed by atoms with van der Waals surface area (Å²) in [6, 6.07) is 0. The van der Waals surface area contributed by atoms with Crippen molar-refractivity contribution in [2.75, 3.05) is 19.8 Å². The molecule has 0 aromatic heterocycles. The number of hydrogen-bond acceptors (Lipinski definition) is 5. The molecule has 0 radical (unpaired) electrons. The Morgan fingerprint density at radius 1 is 0.359 bits per heavy atom. The Labute approximate surface area is 397 Å². The minimum absolute atomic E-state index is 0.0490. The predicted octanol–water partition coefficient (Wildman–Crippen LogP) is 18.5. The number of rotatable bonds is 49. The third-order valence-corrected chi connectivity index (χ3v) is 11.4. The lowest BCUT2D eigenvalue weighted by Gasteiger charge is -2.18. The van der Waals surface area contributed by atoms with Crippen LogP contribution in [0, 0.1) is 0 Å². The number of allylic oxidation sites excluding steroid dienone is 14. The third-order valence-electron chi connectivity index (χ3n) is 11.4.